The first-order valence-corrected chi connectivity index (χ1v) is 17.1. The van der Waals surface area contributed by atoms with Crippen LogP contribution in [0.15, 0.2) is 48.9 Å². The standard InChI is InChI=1S/C32H39F3N6O3S/c1-30(2,40-14-16-45(42,43)17-15-40)13-10-23-20-41(24-19-37-39(4)21-24)29-28(23)26(31(36-3)11-5-12-31)18-27(38-29)22-6-8-25(9-7-22)44-32(33,34)35/h6-9,18-21,36H,5,10-17H2,1-4H3. The molecule has 1 aliphatic heterocycles. The molecule has 0 amide bonds. The summed E-state index contributed by atoms with van der Waals surface area (Å²) in [5, 5.41) is 9.04. The summed E-state index contributed by atoms with van der Waals surface area (Å²) in [6.45, 7) is 5.41. The molecule has 13 heteroatoms. The minimum atomic E-state index is -4.77. The number of benzene rings is 1. The van der Waals surface area contributed by atoms with Crippen molar-refractivity contribution < 1.29 is 26.3 Å². The van der Waals surface area contributed by atoms with Gasteiger partial charge in [-0.05, 0) is 94.5 Å². The molecule has 0 unspecified atom stereocenters. The maximum atomic E-state index is 12.8. The number of fused-ring (bicyclic) bond motifs is 1. The Morgan fingerprint density at radius 1 is 1.07 bits per heavy atom. The van der Waals surface area contributed by atoms with Crippen molar-refractivity contribution in [1.29, 1.82) is 0 Å². The van der Waals surface area contributed by atoms with Gasteiger partial charge in [0, 0.05) is 54.6 Å². The molecule has 1 N–H and O–H groups in total. The SMILES string of the molecule is CNC1(c2cc(-c3ccc(OC(F)(F)F)cc3)nc3c2c(CCC(C)(C)N2CCS(=O)(=O)CC2)cn3-c2cnn(C)c2)CCC1. The minimum absolute atomic E-state index is 0.182. The zero-order valence-electron chi connectivity index (χ0n) is 26.0. The molecule has 0 atom stereocenters. The van der Waals surface area contributed by atoms with Crippen molar-refractivity contribution in [2.24, 2.45) is 7.05 Å². The molecular weight excluding hydrogens is 605 g/mol. The Hall–Kier alpha value is -3.42. The number of alkyl halides is 3. The largest absolute Gasteiger partial charge is 0.573 e. The third kappa shape index (κ3) is 6.34. The first-order valence-electron chi connectivity index (χ1n) is 15.2. The van der Waals surface area contributed by atoms with Gasteiger partial charge in [-0.3, -0.25) is 14.1 Å². The molecular formula is C32H39F3N6O3S. The number of sulfone groups is 1. The highest BCUT2D eigenvalue weighted by molar-refractivity contribution is 7.91. The predicted octanol–water partition coefficient (Wildman–Crippen LogP) is 5.36. The third-order valence-electron chi connectivity index (χ3n) is 9.60. The smallest absolute Gasteiger partial charge is 0.406 e. The normalized spacial score (nSPS) is 18.6. The van der Waals surface area contributed by atoms with Crippen LogP contribution in [0.1, 0.15) is 50.7 Å². The van der Waals surface area contributed by atoms with Crippen LogP contribution in [0.25, 0.3) is 28.0 Å². The van der Waals surface area contributed by atoms with Crippen LogP contribution in [-0.2, 0) is 28.8 Å². The third-order valence-corrected chi connectivity index (χ3v) is 11.2. The average Bonchev–Trinajstić information content (AvgIpc) is 3.54. The van der Waals surface area contributed by atoms with E-state index < -0.39 is 16.2 Å². The van der Waals surface area contributed by atoms with E-state index in [1.165, 1.54) is 12.1 Å². The Morgan fingerprint density at radius 2 is 1.76 bits per heavy atom. The van der Waals surface area contributed by atoms with Gasteiger partial charge in [0.25, 0.3) is 0 Å². The fraction of sp³-hybridized carbons (Fsp3) is 0.500. The number of nitrogens with one attached hydrogen (secondary N) is 1. The van der Waals surface area contributed by atoms with Crippen molar-refractivity contribution in [2.75, 3.05) is 31.6 Å². The minimum Gasteiger partial charge on any atom is -0.406 e. The quantitative estimate of drug-likeness (QED) is 0.262. The molecule has 0 spiro atoms. The van der Waals surface area contributed by atoms with Gasteiger partial charge in [0.15, 0.2) is 9.84 Å². The maximum absolute atomic E-state index is 12.8. The summed E-state index contributed by atoms with van der Waals surface area (Å²) in [7, 11) is 0.848. The summed E-state index contributed by atoms with van der Waals surface area (Å²) in [4.78, 5) is 7.41. The number of halogens is 3. The van der Waals surface area contributed by atoms with E-state index in [4.69, 9.17) is 4.98 Å². The average molecular weight is 645 g/mol. The van der Waals surface area contributed by atoms with E-state index in [-0.39, 0.29) is 28.3 Å². The highest BCUT2D eigenvalue weighted by atomic mass is 32.2. The van der Waals surface area contributed by atoms with Gasteiger partial charge in [0.1, 0.15) is 11.4 Å². The molecule has 3 aromatic heterocycles. The highest BCUT2D eigenvalue weighted by Crippen LogP contribution is 2.46. The molecule has 4 aromatic rings. The lowest BCUT2D eigenvalue weighted by molar-refractivity contribution is -0.274. The van der Waals surface area contributed by atoms with Gasteiger partial charge in [-0.1, -0.05) is 0 Å². The van der Waals surface area contributed by atoms with Crippen molar-refractivity contribution >= 4 is 20.9 Å². The number of hydrogen-bond acceptors (Lipinski definition) is 7. The summed E-state index contributed by atoms with van der Waals surface area (Å²) in [6, 6.07) is 7.91. The molecule has 1 aliphatic carbocycles. The van der Waals surface area contributed by atoms with Gasteiger partial charge in [0.05, 0.1) is 29.1 Å². The molecule has 0 radical (unpaired) electrons. The summed E-state index contributed by atoms with van der Waals surface area (Å²) in [5.41, 5.74) is 4.71. The first-order chi connectivity index (χ1) is 21.2. The lowest BCUT2D eigenvalue weighted by Crippen LogP contribution is -2.51. The van der Waals surface area contributed by atoms with E-state index in [9.17, 15) is 21.6 Å². The van der Waals surface area contributed by atoms with E-state index >= 15 is 0 Å². The molecule has 1 saturated heterocycles. The van der Waals surface area contributed by atoms with Crippen LogP contribution in [-0.4, -0.2) is 76.2 Å². The van der Waals surface area contributed by atoms with E-state index in [1.54, 1.807) is 23.0 Å². The number of hydrogen-bond donors (Lipinski definition) is 1. The summed E-state index contributed by atoms with van der Waals surface area (Å²) < 4.78 is 70.5. The Bertz CT molecular complexity index is 1790. The van der Waals surface area contributed by atoms with Crippen LogP contribution in [0, 0.1) is 0 Å². The van der Waals surface area contributed by atoms with Gasteiger partial charge >= 0.3 is 6.36 Å². The number of aromatic nitrogens is 4. The number of aryl methyl sites for hydroxylation is 2. The second-order valence-electron chi connectivity index (χ2n) is 12.9. The molecule has 0 bridgehead atoms. The summed E-state index contributed by atoms with van der Waals surface area (Å²) >= 11 is 0. The fourth-order valence-corrected chi connectivity index (χ4v) is 7.88. The molecule has 2 fully saturated rings. The molecule has 9 nitrogen and oxygen atoms in total. The highest BCUT2D eigenvalue weighted by Gasteiger charge is 2.40. The number of pyridine rings is 1. The number of nitrogens with zero attached hydrogens (tertiary/aromatic N) is 5. The molecule has 4 heterocycles. The van der Waals surface area contributed by atoms with Crippen molar-refractivity contribution in [3.05, 3.63) is 60.0 Å². The Kier molecular flexibility index (Phi) is 8.02. The van der Waals surface area contributed by atoms with Crippen molar-refractivity contribution in [3.63, 3.8) is 0 Å². The summed E-state index contributed by atoms with van der Waals surface area (Å²) in [6.07, 6.45) is 5.61. The van der Waals surface area contributed by atoms with Gasteiger partial charge < -0.3 is 10.1 Å². The molecule has 1 saturated carbocycles. The molecule has 45 heavy (non-hydrogen) atoms. The zero-order valence-corrected chi connectivity index (χ0v) is 26.8. The van der Waals surface area contributed by atoms with Crippen LogP contribution in [0.3, 0.4) is 0 Å². The van der Waals surface area contributed by atoms with E-state index in [1.807, 2.05) is 24.9 Å². The van der Waals surface area contributed by atoms with Gasteiger partial charge in [0.2, 0.25) is 0 Å². The monoisotopic (exact) mass is 644 g/mol. The zero-order chi connectivity index (χ0) is 32.2. The van der Waals surface area contributed by atoms with Crippen LogP contribution >= 0.6 is 0 Å². The number of rotatable bonds is 9. The topological polar surface area (TPSA) is 94.3 Å². The fourth-order valence-electron chi connectivity index (χ4n) is 6.68. The van der Waals surface area contributed by atoms with Gasteiger partial charge in [-0.15, -0.1) is 13.2 Å². The Labute approximate surface area is 261 Å². The van der Waals surface area contributed by atoms with E-state index in [0.717, 1.165) is 60.0 Å². The predicted molar refractivity (Wildman–Crippen MR) is 167 cm³/mol. The van der Waals surface area contributed by atoms with Crippen molar-refractivity contribution in [3.8, 4) is 22.7 Å². The molecule has 242 valence electrons. The lowest BCUT2D eigenvalue weighted by atomic mass is 9.70. The first kappa shape index (κ1) is 31.6. The van der Waals surface area contributed by atoms with Gasteiger partial charge in [-0.25, -0.2) is 13.4 Å². The second-order valence-corrected chi connectivity index (χ2v) is 15.2. The van der Waals surface area contributed by atoms with Crippen LogP contribution < -0.4 is 10.1 Å². The van der Waals surface area contributed by atoms with E-state index in [2.05, 4.69) is 46.2 Å². The number of ether oxygens (including phenoxy) is 1. The van der Waals surface area contributed by atoms with Crippen LogP contribution in [0.5, 0.6) is 5.75 Å². The van der Waals surface area contributed by atoms with Crippen LogP contribution in [0.2, 0.25) is 0 Å². The molecule has 1 aromatic carbocycles. The molecule has 6 rings (SSSR count). The van der Waals surface area contributed by atoms with Crippen molar-refractivity contribution in [1.82, 2.24) is 29.5 Å². The van der Waals surface area contributed by atoms with Gasteiger partial charge in [-0.2, -0.15) is 5.10 Å². The Morgan fingerprint density at radius 3 is 2.31 bits per heavy atom. The summed E-state index contributed by atoms with van der Waals surface area (Å²) in [5.74, 6) is 0.0802. The van der Waals surface area contributed by atoms with Crippen LogP contribution in [0.4, 0.5) is 13.2 Å². The molecule has 2 aliphatic rings. The van der Waals surface area contributed by atoms with E-state index in [0.29, 0.717) is 24.3 Å². The Balaban J connectivity index is 1.45. The second kappa shape index (κ2) is 11.4. The van der Waals surface area contributed by atoms with Crippen molar-refractivity contribution in [2.45, 2.75) is 63.4 Å². The lowest BCUT2D eigenvalue weighted by Gasteiger charge is -2.43. The maximum Gasteiger partial charge on any atom is 0.573 e.